The summed E-state index contributed by atoms with van der Waals surface area (Å²) in [6.45, 7) is 9.68. The Bertz CT molecular complexity index is 888. The summed E-state index contributed by atoms with van der Waals surface area (Å²) in [6.07, 6.45) is 3.70. The molecular formula is C20H30N6O3. The van der Waals surface area contributed by atoms with Gasteiger partial charge in [-0.2, -0.15) is 10.2 Å². The molecule has 2 amide bonds. The van der Waals surface area contributed by atoms with Crippen molar-refractivity contribution in [2.24, 2.45) is 0 Å². The molecule has 0 bridgehead atoms. The van der Waals surface area contributed by atoms with Gasteiger partial charge in [-0.15, -0.1) is 0 Å². The van der Waals surface area contributed by atoms with E-state index in [-0.39, 0.29) is 24.0 Å². The molecule has 0 radical (unpaired) electrons. The molecule has 2 aliphatic heterocycles. The lowest BCUT2D eigenvalue weighted by molar-refractivity contribution is -0.146. The third-order valence-electron chi connectivity index (χ3n) is 5.84. The molecule has 2 saturated heterocycles. The van der Waals surface area contributed by atoms with Crippen LogP contribution in [0, 0.1) is 6.92 Å². The van der Waals surface area contributed by atoms with Gasteiger partial charge >= 0.3 is 0 Å². The summed E-state index contributed by atoms with van der Waals surface area (Å²) in [6, 6.07) is 0.263. The maximum absolute atomic E-state index is 12.7. The lowest BCUT2D eigenvalue weighted by Crippen LogP contribution is -2.52. The predicted molar refractivity (Wildman–Crippen MR) is 107 cm³/mol. The number of aryl methyl sites for hydroxylation is 2. The van der Waals surface area contributed by atoms with E-state index in [4.69, 9.17) is 4.74 Å². The van der Waals surface area contributed by atoms with Gasteiger partial charge in [-0.05, 0) is 33.6 Å². The Morgan fingerprint density at radius 2 is 1.93 bits per heavy atom. The van der Waals surface area contributed by atoms with Gasteiger partial charge in [0, 0.05) is 45.2 Å². The van der Waals surface area contributed by atoms with Crippen LogP contribution in [-0.2, 0) is 20.9 Å². The Balaban J connectivity index is 1.32. The number of carbonyl (C=O) groups excluding carboxylic acids is 2. The number of nitrogens with zero attached hydrogens (tertiary/aromatic N) is 6. The number of carbonyl (C=O) groups is 2. The third kappa shape index (κ3) is 3.88. The van der Waals surface area contributed by atoms with Crippen molar-refractivity contribution in [1.29, 1.82) is 0 Å². The Kier molecular flexibility index (Phi) is 5.58. The topological polar surface area (TPSA) is 85.5 Å². The zero-order valence-electron chi connectivity index (χ0n) is 17.5. The highest BCUT2D eigenvalue weighted by molar-refractivity contribution is 5.82. The molecule has 0 N–H and O–H groups in total. The number of piperazine rings is 1. The minimum Gasteiger partial charge on any atom is -0.368 e. The van der Waals surface area contributed by atoms with Gasteiger partial charge in [-0.3, -0.25) is 19.0 Å². The van der Waals surface area contributed by atoms with E-state index < -0.39 is 0 Å². The zero-order valence-corrected chi connectivity index (χ0v) is 17.5. The van der Waals surface area contributed by atoms with Gasteiger partial charge < -0.3 is 14.5 Å². The van der Waals surface area contributed by atoms with E-state index in [2.05, 4.69) is 24.0 Å². The van der Waals surface area contributed by atoms with Crippen molar-refractivity contribution in [2.75, 3.05) is 32.8 Å². The third-order valence-corrected chi connectivity index (χ3v) is 5.84. The normalized spacial score (nSPS) is 20.2. The first-order valence-electron chi connectivity index (χ1n) is 10.5. The van der Waals surface area contributed by atoms with Crippen molar-refractivity contribution in [3.05, 3.63) is 11.9 Å². The molecule has 0 aromatic carbocycles. The van der Waals surface area contributed by atoms with Crippen LogP contribution in [0.25, 0.3) is 11.0 Å². The number of amides is 2. The molecule has 2 aliphatic rings. The Hall–Kier alpha value is -2.42. The summed E-state index contributed by atoms with van der Waals surface area (Å²) in [7, 11) is 0. The summed E-state index contributed by atoms with van der Waals surface area (Å²) in [5.74, 6) is 0.179. The van der Waals surface area contributed by atoms with Gasteiger partial charge in [-0.1, -0.05) is 0 Å². The van der Waals surface area contributed by atoms with E-state index in [1.165, 1.54) is 0 Å². The summed E-state index contributed by atoms with van der Waals surface area (Å²) < 4.78 is 9.35. The number of rotatable bonds is 5. The number of fused-ring (bicyclic) bond motifs is 1. The van der Waals surface area contributed by atoms with E-state index in [0.29, 0.717) is 45.8 Å². The van der Waals surface area contributed by atoms with Crippen molar-refractivity contribution in [2.45, 2.75) is 58.7 Å². The van der Waals surface area contributed by atoms with Crippen molar-refractivity contribution in [1.82, 2.24) is 29.4 Å². The Labute approximate surface area is 170 Å². The molecule has 2 fully saturated rings. The molecule has 4 heterocycles. The van der Waals surface area contributed by atoms with E-state index >= 15 is 0 Å². The first-order chi connectivity index (χ1) is 14.0. The van der Waals surface area contributed by atoms with Crippen LogP contribution in [0.15, 0.2) is 6.20 Å². The number of hydrogen-bond donors (Lipinski definition) is 0. The van der Waals surface area contributed by atoms with E-state index in [1.807, 2.05) is 32.3 Å². The molecule has 158 valence electrons. The second kappa shape index (κ2) is 8.14. The van der Waals surface area contributed by atoms with Gasteiger partial charge in [0.15, 0.2) is 0 Å². The summed E-state index contributed by atoms with van der Waals surface area (Å²) >= 11 is 0. The maximum atomic E-state index is 12.7. The fourth-order valence-corrected chi connectivity index (χ4v) is 4.25. The molecular weight excluding hydrogens is 372 g/mol. The predicted octanol–water partition coefficient (Wildman–Crippen LogP) is 1.36. The van der Waals surface area contributed by atoms with Gasteiger partial charge in [-0.25, -0.2) is 0 Å². The molecule has 0 spiro atoms. The van der Waals surface area contributed by atoms with Crippen molar-refractivity contribution >= 4 is 22.8 Å². The smallest absolute Gasteiger partial charge is 0.251 e. The Morgan fingerprint density at radius 1 is 1.21 bits per heavy atom. The fraction of sp³-hybridized carbons (Fsp3) is 0.700. The van der Waals surface area contributed by atoms with Crippen LogP contribution >= 0.6 is 0 Å². The second-order valence-electron chi connectivity index (χ2n) is 8.18. The minimum atomic E-state index is -0.283. The van der Waals surface area contributed by atoms with Gasteiger partial charge in [0.1, 0.15) is 17.1 Å². The lowest BCUT2D eigenvalue weighted by atomic mass is 10.2. The lowest BCUT2D eigenvalue weighted by Gasteiger charge is -2.35. The first-order valence-corrected chi connectivity index (χ1v) is 10.5. The van der Waals surface area contributed by atoms with Gasteiger partial charge in [0.2, 0.25) is 5.91 Å². The highest BCUT2D eigenvalue weighted by atomic mass is 16.5. The van der Waals surface area contributed by atoms with Gasteiger partial charge in [0.25, 0.3) is 5.91 Å². The van der Waals surface area contributed by atoms with Gasteiger partial charge in [0.05, 0.1) is 18.4 Å². The molecule has 9 heteroatoms. The number of hydrogen-bond acceptors (Lipinski definition) is 5. The second-order valence-corrected chi connectivity index (χ2v) is 8.18. The SMILES string of the molecule is Cc1nn(C(C)C)c2cnn(CCC(=O)N3CCN(C(=O)C4CCCO4)CC3)c12. The molecule has 4 rings (SSSR count). The molecule has 2 aromatic heterocycles. The molecule has 9 nitrogen and oxygen atoms in total. The first kappa shape index (κ1) is 19.9. The zero-order chi connectivity index (χ0) is 20.5. The van der Waals surface area contributed by atoms with Crippen LogP contribution in [0.4, 0.5) is 0 Å². The van der Waals surface area contributed by atoms with E-state index in [0.717, 1.165) is 29.6 Å². The monoisotopic (exact) mass is 402 g/mol. The molecule has 1 unspecified atom stereocenters. The summed E-state index contributed by atoms with van der Waals surface area (Å²) in [5.41, 5.74) is 2.93. The molecule has 1 atom stereocenters. The van der Waals surface area contributed by atoms with Crippen molar-refractivity contribution < 1.29 is 14.3 Å². The highest BCUT2D eigenvalue weighted by Crippen LogP contribution is 2.21. The standard InChI is InChI=1S/C20H30N6O3/c1-14(2)26-16-13-21-25(19(16)15(3)22-26)7-6-18(27)23-8-10-24(11-9-23)20(28)17-5-4-12-29-17/h13-14,17H,4-12H2,1-3H3. The summed E-state index contributed by atoms with van der Waals surface area (Å²) in [5, 5.41) is 9.07. The molecule has 29 heavy (non-hydrogen) atoms. The summed E-state index contributed by atoms with van der Waals surface area (Å²) in [4.78, 5) is 28.8. The van der Waals surface area contributed by atoms with Crippen LogP contribution < -0.4 is 0 Å². The average molecular weight is 402 g/mol. The van der Waals surface area contributed by atoms with Crippen molar-refractivity contribution in [3.63, 3.8) is 0 Å². The average Bonchev–Trinajstić information content (AvgIpc) is 3.45. The van der Waals surface area contributed by atoms with Crippen LogP contribution in [0.1, 0.15) is 44.8 Å². The van der Waals surface area contributed by atoms with Crippen LogP contribution in [0.3, 0.4) is 0 Å². The van der Waals surface area contributed by atoms with Crippen LogP contribution in [0.2, 0.25) is 0 Å². The van der Waals surface area contributed by atoms with Crippen molar-refractivity contribution in [3.8, 4) is 0 Å². The number of ether oxygens (including phenoxy) is 1. The van der Waals surface area contributed by atoms with Crippen LogP contribution in [-0.4, -0.2) is 80.1 Å². The minimum absolute atomic E-state index is 0.0752. The van der Waals surface area contributed by atoms with E-state index in [1.54, 1.807) is 0 Å². The maximum Gasteiger partial charge on any atom is 0.251 e. The van der Waals surface area contributed by atoms with E-state index in [9.17, 15) is 9.59 Å². The molecule has 0 saturated carbocycles. The molecule has 0 aliphatic carbocycles. The highest BCUT2D eigenvalue weighted by Gasteiger charge is 2.31. The fourth-order valence-electron chi connectivity index (χ4n) is 4.25. The number of aromatic nitrogens is 4. The largest absolute Gasteiger partial charge is 0.368 e. The van der Waals surface area contributed by atoms with Crippen LogP contribution in [0.5, 0.6) is 0 Å². The Morgan fingerprint density at radius 3 is 2.59 bits per heavy atom. The quantitative estimate of drug-likeness (QED) is 0.754. The molecule has 2 aromatic rings.